The molecular formula is C15H12N6. The maximum absolute atomic E-state index is 4.64. The number of fused-ring (bicyclic) bond motifs is 3. The zero-order chi connectivity index (χ0) is 14.1. The van der Waals surface area contributed by atoms with Gasteiger partial charge in [-0.15, -0.1) is 10.2 Å². The van der Waals surface area contributed by atoms with Crippen LogP contribution in [0.1, 0.15) is 5.56 Å². The lowest BCUT2D eigenvalue weighted by Gasteiger charge is -2.08. The van der Waals surface area contributed by atoms with Crippen molar-refractivity contribution in [2.75, 3.05) is 5.32 Å². The van der Waals surface area contributed by atoms with Crippen molar-refractivity contribution in [3.8, 4) is 0 Å². The van der Waals surface area contributed by atoms with Crippen molar-refractivity contribution in [1.82, 2.24) is 24.6 Å². The normalized spacial score (nSPS) is 11.0. The summed E-state index contributed by atoms with van der Waals surface area (Å²) in [6, 6.07) is 11.9. The molecule has 0 fully saturated rings. The first-order chi connectivity index (χ1) is 10.4. The fourth-order valence-corrected chi connectivity index (χ4v) is 2.31. The van der Waals surface area contributed by atoms with Crippen LogP contribution in [0.15, 0.2) is 55.1 Å². The summed E-state index contributed by atoms with van der Waals surface area (Å²) >= 11 is 0. The fourth-order valence-electron chi connectivity index (χ4n) is 2.31. The lowest BCUT2D eigenvalue weighted by Crippen LogP contribution is -2.05. The molecule has 6 heteroatoms. The Morgan fingerprint density at radius 3 is 2.95 bits per heavy atom. The van der Waals surface area contributed by atoms with Crippen molar-refractivity contribution in [2.45, 2.75) is 6.54 Å². The Kier molecular flexibility index (Phi) is 2.71. The Morgan fingerprint density at radius 2 is 2.05 bits per heavy atom. The molecule has 0 aliphatic rings. The van der Waals surface area contributed by atoms with Crippen LogP contribution in [0.25, 0.3) is 16.7 Å². The smallest absolute Gasteiger partial charge is 0.203 e. The minimum atomic E-state index is 0.641. The number of nitrogens with zero attached hydrogens (tertiary/aromatic N) is 5. The zero-order valence-electron chi connectivity index (χ0n) is 11.1. The van der Waals surface area contributed by atoms with Crippen molar-refractivity contribution >= 4 is 22.5 Å². The summed E-state index contributed by atoms with van der Waals surface area (Å²) in [5, 5.41) is 11.4. The molecule has 0 spiro atoms. The Bertz CT molecular complexity index is 900. The summed E-state index contributed by atoms with van der Waals surface area (Å²) in [4.78, 5) is 8.74. The third-order valence-corrected chi connectivity index (χ3v) is 3.32. The number of benzene rings is 1. The molecule has 0 aliphatic heterocycles. The van der Waals surface area contributed by atoms with Crippen LogP contribution in [0.3, 0.4) is 0 Å². The summed E-state index contributed by atoms with van der Waals surface area (Å²) in [5.74, 6) is 0.718. The average Bonchev–Trinajstić information content (AvgIpc) is 3.04. The van der Waals surface area contributed by atoms with Gasteiger partial charge in [-0.25, -0.2) is 4.98 Å². The molecule has 1 N–H and O–H groups in total. The van der Waals surface area contributed by atoms with Gasteiger partial charge in [-0.05, 0) is 23.8 Å². The number of rotatable bonds is 3. The summed E-state index contributed by atoms with van der Waals surface area (Å²) in [6.07, 6.45) is 5.29. The SMILES string of the molecule is c1cncc(CNc2nc3ccccc3n3cnnc23)c1. The van der Waals surface area contributed by atoms with E-state index >= 15 is 0 Å². The summed E-state index contributed by atoms with van der Waals surface area (Å²) in [6.45, 7) is 0.641. The molecule has 6 nitrogen and oxygen atoms in total. The van der Waals surface area contributed by atoms with E-state index in [0.29, 0.717) is 6.54 Å². The van der Waals surface area contributed by atoms with Crippen molar-refractivity contribution in [3.05, 3.63) is 60.7 Å². The van der Waals surface area contributed by atoms with Gasteiger partial charge in [-0.3, -0.25) is 9.38 Å². The highest BCUT2D eigenvalue weighted by atomic mass is 15.3. The van der Waals surface area contributed by atoms with E-state index in [4.69, 9.17) is 0 Å². The van der Waals surface area contributed by atoms with Crippen LogP contribution < -0.4 is 5.32 Å². The van der Waals surface area contributed by atoms with Gasteiger partial charge in [-0.2, -0.15) is 0 Å². The highest BCUT2D eigenvalue weighted by molar-refractivity contribution is 5.82. The van der Waals surface area contributed by atoms with Crippen LogP contribution in [0.5, 0.6) is 0 Å². The number of hydrogen-bond donors (Lipinski definition) is 1. The van der Waals surface area contributed by atoms with E-state index in [9.17, 15) is 0 Å². The molecule has 0 aliphatic carbocycles. The summed E-state index contributed by atoms with van der Waals surface area (Å²) in [5.41, 5.74) is 3.70. The van der Waals surface area contributed by atoms with Gasteiger partial charge in [0.15, 0.2) is 5.82 Å². The molecule has 0 saturated heterocycles. The molecule has 4 aromatic rings. The Morgan fingerprint density at radius 1 is 1.10 bits per heavy atom. The van der Waals surface area contributed by atoms with Crippen LogP contribution >= 0.6 is 0 Å². The zero-order valence-corrected chi connectivity index (χ0v) is 11.1. The van der Waals surface area contributed by atoms with Gasteiger partial charge < -0.3 is 5.32 Å². The summed E-state index contributed by atoms with van der Waals surface area (Å²) in [7, 11) is 0. The second kappa shape index (κ2) is 4.82. The third kappa shape index (κ3) is 2.06. The number of nitrogens with one attached hydrogen (secondary N) is 1. The Balaban J connectivity index is 1.78. The fraction of sp³-hybridized carbons (Fsp3) is 0.0667. The molecule has 3 heterocycles. The molecule has 0 atom stereocenters. The maximum Gasteiger partial charge on any atom is 0.203 e. The highest BCUT2D eigenvalue weighted by Crippen LogP contribution is 2.20. The molecule has 3 aromatic heterocycles. The van der Waals surface area contributed by atoms with E-state index in [1.807, 2.05) is 47.0 Å². The standard InChI is InChI=1S/C15H12N6/c1-2-6-13-12(5-1)19-14(15-20-18-10-21(13)15)17-9-11-4-3-7-16-8-11/h1-8,10H,9H2,(H,17,19). The third-order valence-electron chi connectivity index (χ3n) is 3.32. The van der Waals surface area contributed by atoms with E-state index in [0.717, 1.165) is 28.1 Å². The lowest BCUT2D eigenvalue weighted by atomic mass is 10.3. The van der Waals surface area contributed by atoms with Crippen LogP contribution in [0.4, 0.5) is 5.82 Å². The van der Waals surface area contributed by atoms with E-state index < -0.39 is 0 Å². The van der Waals surface area contributed by atoms with Crippen LogP contribution in [0.2, 0.25) is 0 Å². The van der Waals surface area contributed by atoms with Crippen LogP contribution in [-0.4, -0.2) is 24.6 Å². The first-order valence-electron chi connectivity index (χ1n) is 6.63. The Labute approximate surface area is 120 Å². The van der Waals surface area contributed by atoms with Crippen molar-refractivity contribution in [3.63, 3.8) is 0 Å². The highest BCUT2D eigenvalue weighted by Gasteiger charge is 2.09. The number of pyridine rings is 1. The van der Waals surface area contributed by atoms with Gasteiger partial charge in [-0.1, -0.05) is 18.2 Å². The maximum atomic E-state index is 4.64. The number of aromatic nitrogens is 5. The van der Waals surface area contributed by atoms with Crippen LogP contribution in [0, 0.1) is 0 Å². The molecule has 21 heavy (non-hydrogen) atoms. The van der Waals surface area contributed by atoms with Crippen molar-refractivity contribution < 1.29 is 0 Å². The molecular weight excluding hydrogens is 264 g/mol. The molecule has 0 bridgehead atoms. The quantitative estimate of drug-likeness (QED) is 0.621. The molecule has 0 radical (unpaired) electrons. The van der Waals surface area contributed by atoms with E-state index in [-0.39, 0.29) is 0 Å². The first-order valence-corrected chi connectivity index (χ1v) is 6.63. The minimum absolute atomic E-state index is 0.641. The molecule has 102 valence electrons. The van der Waals surface area contributed by atoms with Gasteiger partial charge >= 0.3 is 0 Å². The molecule has 0 amide bonds. The molecule has 0 saturated carbocycles. The molecule has 1 aromatic carbocycles. The van der Waals surface area contributed by atoms with E-state index in [1.165, 1.54) is 0 Å². The second-order valence-corrected chi connectivity index (χ2v) is 4.69. The topological polar surface area (TPSA) is 68.0 Å². The van der Waals surface area contributed by atoms with Gasteiger partial charge in [0.05, 0.1) is 11.0 Å². The lowest BCUT2D eigenvalue weighted by molar-refractivity contribution is 1.08. The summed E-state index contributed by atoms with van der Waals surface area (Å²) < 4.78 is 1.94. The van der Waals surface area contributed by atoms with E-state index in [2.05, 4.69) is 25.5 Å². The largest absolute Gasteiger partial charge is 0.363 e. The number of para-hydroxylation sites is 2. The van der Waals surface area contributed by atoms with Gasteiger partial charge in [0.25, 0.3) is 0 Å². The molecule has 4 rings (SSSR count). The van der Waals surface area contributed by atoms with Gasteiger partial charge in [0.2, 0.25) is 5.65 Å². The van der Waals surface area contributed by atoms with Crippen LogP contribution in [-0.2, 0) is 6.54 Å². The first kappa shape index (κ1) is 11.8. The van der Waals surface area contributed by atoms with Gasteiger partial charge in [0, 0.05) is 18.9 Å². The number of hydrogen-bond acceptors (Lipinski definition) is 5. The predicted octanol–water partition coefficient (Wildman–Crippen LogP) is 2.28. The average molecular weight is 276 g/mol. The van der Waals surface area contributed by atoms with E-state index in [1.54, 1.807) is 12.5 Å². The Hall–Kier alpha value is -3.02. The second-order valence-electron chi connectivity index (χ2n) is 4.69. The predicted molar refractivity (Wildman–Crippen MR) is 79.9 cm³/mol. The van der Waals surface area contributed by atoms with Crippen molar-refractivity contribution in [2.24, 2.45) is 0 Å². The number of anilines is 1. The monoisotopic (exact) mass is 276 g/mol. The van der Waals surface area contributed by atoms with Crippen molar-refractivity contribution in [1.29, 1.82) is 0 Å². The molecule has 0 unspecified atom stereocenters. The minimum Gasteiger partial charge on any atom is -0.363 e. The van der Waals surface area contributed by atoms with Gasteiger partial charge in [0.1, 0.15) is 6.33 Å².